The molecular weight excluding hydrogens is 663 g/mol. The Morgan fingerprint density at radius 1 is 0.600 bits per heavy atom. The van der Waals surface area contributed by atoms with Gasteiger partial charge in [0.1, 0.15) is 0 Å². The Morgan fingerprint density at radius 2 is 1.25 bits per heavy atom. The number of nitrogens with zero attached hydrogens (tertiary/aromatic N) is 1. The molecule has 0 aromatic heterocycles. The summed E-state index contributed by atoms with van der Waals surface area (Å²) in [6, 6.07) is 47.6. The predicted molar refractivity (Wildman–Crippen MR) is 239 cm³/mol. The predicted octanol–water partition coefficient (Wildman–Crippen LogP) is 15.8. The van der Waals surface area contributed by atoms with Crippen LogP contribution in [-0.2, 0) is 5.41 Å². The summed E-state index contributed by atoms with van der Waals surface area (Å²) in [6.45, 7) is 17.7. The second-order valence-electron chi connectivity index (χ2n) is 15.5. The SMILES string of the molecule is CC.CCCC1=C(c2cc(-c3ccc(N(c4ccccc4)c4cccc(-c5ccc6c(c5)-c5c(C)cc(C)cc5C6(C)C)c4)cc3)ccc2C)CCC=C=C1. The molecule has 55 heavy (non-hydrogen) atoms. The number of rotatable bonds is 8. The topological polar surface area (TPSA) is 3.24 Å². The van der Waals surface area contributed by atoms with Crippen LogP contribution in [0.1, 0.15) is 93.7 Å². The second kappa shape index (κ2) is 16.0. The zero-order valence-corrected chi connectivity index (χ0v) is 34.1. The Labute approximate surface area is 330 Å². The van der Waals surface area contributed by atoms with Crippen molar-refractivity contribution >= 4 is 22.6 Å². The Morgan fingerprint density at radius 3 is 2.02 bits per heavy atom. The van der Waals surface area contributed by atoms with Crippen LogP contribution in [0.3, 0.4) is 0 Å². The first-order valence-corrected chi connectivity index (χ1v) is 20.3. The van der Waals surface area contributed by atoms with Crippen LogP contribution in [0.15, 0.2) is 151 Å². The molecule has 0 bridgehead atoms. The van der Waals surface area contributed by atoms with Gasteiger partial charge in [-0.3, -0.25) is 0 Å². The lowest BCUT2D eigenvalue weighted by Gasteiger charge is -2.26. The van der Waals surface area contributed by atoms with Gasteiger partial charge in [0.15, 0.2) is 0 Å². The van der Waals surface area contributed by atoms with Crippen LogP contribution >= 0.6 is 0 Å². The molecule has 0 N–H and O–H groups in total. The molecule has 0 aliphatic heterocycles. The molecule has 0 radical (unpaired) electrons. The molecule has 0 saturated heterocycles. The van der Waals surface area contributed by atoms with E-state index in [-0.39, 0.29) is 5.41 Å². The summed E-state index contributed by atoms with van der Waals surface area (Å²) in [6.07, 6.45) is 8.71. The molecule has 0 fully saturated rings. The highest BCUT2D eigenvalue weighted by molar-refractivity contribution is 5.88. The summed E-state index contributed by atoms with van der Waals surface area (Å²) < 4.78 is 0. The standard InChI is InChI=1S/C52H49N.C2H6/c1-7-15-39-16-10-8-13-21-46(39)47-33-41(23-22-36(47)3)38-24-27-44(28-25-38)53(43-18-11-9-12-19-43)45-20-14-17-40(32-45)42-26-29-49-48(34-42)51-37(4)30-35(2)31-50(51)52(49,5)6;1-2/h8-9,11-12,14,16-20,22-34H,7,13,15,21H2,1-6H3;1-2H3. The number of hydrogen-bond donors (Lipinski definition) is 0. The maximum absolute atomic E-state index is 3.41. The van der Waals surface area contributed by atoms with Crippen molar-refractivity contribution in [2.75, 3.05) is 4.90 Å². The lowest BCUT2D eigenvalue weighted by molar-refractivity contribution is 0.659. The highest BCUT2D eigenvalue weighted by Gasteiger charge is 2.36. The molecule has 1 heteroatoms. The molecule has 0 spiro atoms. The summed E-state index contributed by atoms with van der Waals surface area (Å²) in [5.41, 5.74) is 25.6. The molecule has 0 unspecified atom stereocenters. The van der Waals surface area contributed by atoms with Gasteiger partial charge in [-0.2, -0.15) is 0 Å². The van der Waals surface area contributed by atoms with Crippen molar-refractivity contribution in [1.82, 2.24) is 0 Å². The van der Waals surface area contributed by atoms with Crippen LogP contribution in [0.2, 0.25) is 0 Å². The molecule has 0 saturated carbocycles. The van der Waals surface area contributed by atoms with Crippen LogP contribution < -0.4 is 4.90 Å². The average molecular weight is 718 g/mol. The quantitative estimate of drug-likeness (QED) is 0.142. The maximum Gasteiger partial charge on any atom is 0.0467 e. The van der Waals surface area contributed by atoms with E-state index in [4.69, 9.17) is 0 Å². The van der Waals surface area contributed by atoms with Crippen molar-refractivity contribution in [2.45, 2.75) is 86.5 Å². The van der Waals surface area contributed by atoms with Gasteiger partial charge in [-0.05, 0) is 173 Å². The van der Waals surface area contributed by atoms with Crippen molar-refractivity contribution in [3.8, 4) is 33.4 Å². The number of anilines is 3. The number of hydrogen-bond acceptors (Lipinski definition) is 1. The third-order valence-corrected chi connectivity index (χ3v) is 11.4. The van der Waals surface area contributed by atoms with Gasteiger partial charge in [-0.15, -0.1) is 5.73 Å². The van der Waals surface area contributed by atoms with Gasteiger partial charge in [-0.1, -0.05) is 125 Å². The van der Waals surface area contributed by atoms with Gasteiger partial charge in [-0.25, -0.2) is 0 Å². The molecule has 6 aromatic carbocycles. The first-order chi connectivity index (χ1) is 26.7. The normalized spacial score (nSPS) is 13.8. The van der Waals surface area contributed by atoms with Crippen molar-refractivity contribution in [3.63, 3.8) is 0 Å². The van der Waals surface area contributed by atoms with E-state index in [2.05, 4.69) is 192 Å². The van der Waals surface area contributed by atoms with Gasteiger partial charge in [0.2, 0.25) is 0 Å². The smallest absolute Gasteiger partial charge is 0.0467 e. The van der Waals surface area contributed by atoms with Crippen molar-refractivity contribution < 1.29 is 0 Å². The van der Waals surface area contributed by atoms with Crippen LogP contribution in [0.25, 0.3) is 39.0 Å². The fourth-order valence-corrected chi connectivity index (χ4v) is 8.72. The Hall–Kier alpha value is -5.62. The van der Waals surface area contributed by atoms with E-state index in [1.807, 2.05) is 13.8 Å². The fourth-order valence-electron chi connectivity index (χ4n) is 8.72. The minimum atomic E-state index is -0.0163. The van der Waals surface area contributed by atoms with Gasteiger partial charge in [0.05, 0.1) is 0 Å². The lowest BCUT2D eigenvalue weighted by Crippen LogP contribution is -2.15. The average Bonchev–Trinajstić information content (AvgIpc) is 3.30. The molecule has 276 valence electrons. The third-order valence-electron chi connectivity index (χ3n) is 11.4. The minimum Gasteiger partial charge on any atom is -0.310 e. The number of para-hydroxylation sites is 1. The molecule has 2 aliphatic rings. The van der Waals surface area contributed by atoms with Crippen molar-refractivity contribution in [2.24, 2.45) is 0 Å². The fraction of sp³-hybridized carbons (Fsp3) is 0.241. The maximum atomic E-state index is 3.41. The summed E-state index contributed by atoms with van der Waals surface area (Å²) in [4.78, 5) is 2.37. The Balaban J connectivity index is 0.00000229. The van der Waals surface area contributed by atoms with E-state index >= 15 is 0 Å². The lowest BCUT2D eigenvalue weighted by atomic mass is 9.81. The second-order valence-corrected chi connectivity index (χ2v) is 15.5. The largest absolute Gasteiger partial charge is 0.310 e. The number of allylic oxidation sites excluding steroid dienone is 3. The minimum absolute atomic E-state index is 0.0163. The van der Waals surface area contributed by atoms with Gasteiger partial charge in [0.25, 0.3) is 0 Å². The van der Waals surface area contributed by atoms with E-state index < -0.39 is 0 Å². The van der Waals surface area contributed by atoms with Gasteiger partial charge < -0.3 is 4.90 Å². The van der Waals surface area contributed by atoms with Crippen LogP contribution in [0.5, 0.6) is 0 Å². The number of fused-ring (bicyclic) bond motifs is 3. The Bertz CT molecular complexity index is 2430. The van der Waals surface area contributed by atoms with Crippen LogP contribution in [-0.4, -0.2) is 0 Å². The zero-order chi connectivity index (χ0) is 38.7. The van der Waals surface area contributed by atoms with E-state index in [0.29, 0.717) is 0 Å². The summed E-state index contributed by atoms with van der Waals surface area (Å²) in [5.74, 6) is 0. The first kappa shape index (κ1) is 37.7. The van der Waals surface area contributed by atoms with E-state index in [1.54, 1.807) is 0 Å². The molecule has 8 rings (SSSR count). The highest BCUT2D eigenvalue weighted by Crippen LogP contribution is 2.51. The van der Waals surface area contributed by atoms with Crippen LogP contribution in [0.4, 0.5) is 17.1 Å². The van der Waals surface area contributed by atoms with E-state index in [1.165, 1.54) is 77.9 Å². The summed E-state index contributed by atoms with van der Waals surface area (Å²) in [5, 5.41) is 0. The molecule has 1 nitrogen and oxygen atoms in total. The van der Waals surface area contributed by atoms with Gasteiger partial charge in [0, 0.05) is 22.5 Å². The zero-order valence-electron chi connectivity index (χ0n) is 34.1. The van der Waals surface area contributed by atoms with Crippen molar-refractivity contribution in [3.05, 3.63) is 184 Å². The molecular formula is C54H55N. The van der Waals surface area contributed by atoms with E-state index in [0.717, 1.165) is 42.7 Å². The Kier molecular flexibility index (Phi) is 11.0. The molecule has 6 aromatic rings. The monoisotopic (exact) mass is 717 g/mol. The molecule has 0 amide bonds. The van der Waals surface area contributed by atoms with Crippen molar-refractivity contribution in [1.29, 1.82) is 0 Å². The highest BCUT2D eigenvalue weighted by atomic mass is 15.1. The number of benzene rings is 6. The molecule has 0 heterocycles. The number of aryl methyl sites for hydroxylation is 3. The first-order valence-electron chi connectivity index (χ1n) is 20.3. The van der Waals surface area contributed by atoms with E-state index in [9.17, 15) is 0 Å². The third kappa shape index (κ3) is 7.30. The molecule has 2 aliphatic carbocycles. The summed E-state index contributed by atoms with van der Waals surface area (Å²) in [7, 11) is 0. The van der Waals surface area contributed by atoms with Gasteiger partial charge >= 0.3 is 0 Å². The van der Waals surface area contributed by atoms with Crippen LogP contribution in [0, 0.1) is 20.8 Å². The molecule has 0 atom stereocenters. The summed E-state index contributed by atoms with van der Waals surface area (Å²) >= 11 is 0.